The van der Waals surface area contributed by atoms with Crippen LogP contribution in [0.25, 0.3) is 11.3 Å². The molecule has 24 heavy (non-hydrogen) atoms. The predicted molar refractivity (Wildman–Crippen MR) is 92.9 cm³/mol. The van der Waals surface area contributed by atoms with Gasteiger partial charge in [0.05, 0.1) is 10.6 Å². The minimum absolute atomic E-state index is 0.135. The van der Waals surface area contributed by atoms with Crippen molar-refractivity contribution in [3.63, 3.8) is 0 Å². The third kappa shape index (κ3) is 3.79. The van der Waals surface area contributed by atoms with Gasteiger partial charge in [0.1, 0.15) is 0 Å². The molecular weight excluding hydrogens is 346 g/mol. The summed E-state index contributed by atoms with van der Waals surface area (Å²) in [5, 5.41) is 0.487. The average molecular weight is 360 g/mol. The van der Waals surface area contributed by atoms with Crippen LogP contribution in [0.3, 0.4) is 0 Å². The molecule has 0 aliphatic heterocycles. The van der Waals surface area contributed by atoms with Crippen LogP contribution in [0.1, 0.15) is 5.56 Å². The van der Waals surface area contributed by atoms with Crippen molar-refractivity contribution in [2.24, 2.45) is 0 Å². The second-order valence-corrected chi connectivity index (χ2v) is 7.23. The number of nitrogens with zero attached hydrogens (tertiary/aromatic N) is 2. The van der Waals surface area contributed by atoms with E-state index in [1.54, 1.807) is 36.8 Å². The van der Waals surface area contributed by atoms with Gasteiger partial charge in [0.15, 0.2) is 0 Å². The topological polar surface area (TPSA) is 72.0 Å². The largest absolute Gasteiger partial charge is 0.265 e. The van der Waals surface area contributed by atoms with Gasteiger partial charge in [-0.1, -0.05) is 17.7 Å². The van der Waals surface area contributed by atoms with Gasteiger partial charge in [-0.25, -0.2) is 13.1 Å². The first kappa shape index (κ1) is 16.6. The van der Waals surface area contributed by atoms with E-state index in [1.165, 1.54) is 12.1 Å². The summed E-state index contributed by atoms with van der Waals surface area (Å²) in [6.07, 6.45) is 5.02. The van der Waals surface area contributed by atoms with Crippen molar-refractivity contribution in [3.05, 3.63) is 77.7 Å². The monoisotopic (exact) mass is 359 g/mol. The molecule has 0 spiro atoms. The third-order valence-corrected chi connectivity index (χ3v) is 5.09. The zero-order chi connectivity index (χ0) is 17.0. The molecule has 1 N–H and O–H groups in total. The Hall–Kier alpha value is -2.28. The smallest absolute Gasteiger partial charge is 0.240 e. The molecular formula is C17H14ClN3O2S. The zero-order valence-electron chi connectivity index (χ0n) is 12.6. The van der Waals surface area contributed by atoms with E-state index in [1.807, 2.05) is 18.2 Å². The number of aromatic nitrogens is 2. The van der Waals surface area contributed by atoms with E-state index in [9.17, 15) is 8.42 Å². The number of rotatable bonds is 5. The summed E-state index contributed by atoms with van der Waals surface area (Å²) in [5.41, 5.74) is 2.38. The van der Waals surface area contributed by atoms with Crippen LogP contribution in [0.2, 0.25) is 5.02 Å². The molecule has 7 heteroatoms. The molecule has 0 radical (unpaired) electrons. The first-order chi connectivity index (χ1) is 11.6. The van der Waals surface area contributed by atoms with Crippen LogP contribution in [0.15, 0.2) is 72.0 Å². The number of halogens is 1. The minimum Gasteiger partial charge on any atom is -0.265 e. The van der Waals surface area contributed by atoms with Crippen molar-refractivity contribution in [2.45, 2.75) is 11.4 Å². The Morgan fingerprint density at radius 3 is 2.38 bits per heavy atom. The number of nitrogens with one attached hydrogen (secondary N) is 1. The molecule has 0 atom stereocenters. The predicted octanol–water partition coefficient (Wildman–Crippen LogP) is 3.28. The Balaban J connectivity index is 1.84. The molecule has 0 aliphatic rings. The summed E-state index contributed by atoms with van der Waals surface area (Å²) in [6, 6.07) is 13.3. The summed E-state index contributed by atoms with van der Waals surface area (Å²) in [4.78, 5) is 8.50. The summed E-state index contributed by atoms with van der Waals surface area (Å²) in [5.74, 6) is 0. The van der Waals surface area contributed by atoms with E-state index in [4.69, 9.17) is 11.6 Å². The molecule has 0 bridgehead atoms. The van der Waals surface area contributed by atoms with Crippen LogP contribution in [0.4, 0.5) is 0 Å². The molecule has 0 fully saturated rings. The van der Waals surface area contributed by atoms with E-state index in [-0.39, 0.29) is 11.4 Å². The molecule has 0 amide bonds. The van der Waals surface area contributed by atoms with E-state index in [2.05, 4.69) is 14.7 Å². The molecule has 2 heterocycles. The van der Waals surface area contributed by atoms with Gasteiger partial charge in [0.25, 0.3) is 0 Å². The molecule has 1 aromatic carbocycles. The Bertz CT molecular complexity index is 930. The van der Waals surface area contributed by atoms with Gasteiger partial charge in [-0.05, 0) is 48.0 Å². The van der Waals surface area contributed by atoms with Gasteiger partial charge >= 0.3 is 0 Å². The van der Waals surface area contributed by atoms with E-state index < -0.39 is 10.0 Å². The number of hydrogen-bond donors (Lipinski definition) is 1. The zero-order valence-corrected chi connectivity index (χ0v) is 14.1. The van der Waals surface area contributed by atoms with Crippen molar-refractivity contribution in [1.29, 1.82) is 0 Å². The lowest BCUT2D eigenvalue weighted by atomic mass is 10.1. The standard InChI is InChI=1S/C17H14ClN3O2S/c18-15-3-5-16(6-4-15)24(22,23)21-12-14-2-1-9-20-17(14)13-7-10-19-11-8-13/h1-11,21H,12H2. The highest BCUT2D eigenvalue weighted by Crippen LogP contribution is 2.21. The lowest BCUT2D eigenvalue weighted by Crippen LogP contribution is -2.23. The number of pyridine rings is 2. The Morgan fingerprint density at radius 2 is 1.67 bits per heavy atom. The lowest BCUT2D eigenvalue weighted by molar-refractivity contribution is 0.581. The Morgan fingerprint density at radius 1 is 0.958 bits per heavy atom. The van der Waals surface area contributed by atoms with Crippen LogP contribution in [0.5, 0.6) is 0 Å². The quantitative estimate of drug-likeness (QED) is 0.758. The highest BCUT2D eigenvalue weighted by Gasteiger charge is 2.15. The normalized spacial score (nSPS) is 11.4. The van der Waals surface area contributed by atoms with Gasteiger partial charge in [-0.15, -0.1) is 0 Å². The van der Waals surface area contributed by atoms with E-state index in [0.717, 1.165) is 16.8 Å². The Kier molecular flexibility index (Phi) is 4.89. The number of hydrogen-bond acceptors (Lipinski definition) is 4. The fourth-order valence-corrected chi connectivity index (χ4v) is 3.35. The van der Waals surface area contributed by atoms with Gasteiger partial charge in [-0.2, -0.15) is 0 Å². The molecule has 122 valence electrons. The van der Waals surface area contributed by atoms with Crippen molar-refractivity contribution in [1.82, 2.24) is 14.7 Å². The molecule has 0 saturated heterocycles. The fraction of sp³-hybridized carbons (Fsp3) is 0.0588. The molecule has 0 saturated carbocycles. The van der Waals surface area contributed by atoms with Crippen LogP contribution in [-0.4, -0.2) is 18.4 Å². The molecule has 3 rings (SSSR count). The van der Waals surface area contributed by atoms with E-state index >= 15 is 0 Å². The first-order valence-electron chi connectivity index (χ1n) is 7.16. The summed E-state index contributed by atoms with van der Waals surface area (Å²) in [7, 11) is -3.62. The minimum atomic E-state index is -3.62. The van der Waals surface area contributed by atoms with Crippen LogP contribution in [-0.2, 0) is 16.6 Å². The van der Waals surface area contributed by atoms with Gasteiger partial charge in [0.2, 0.25) is 10.0 Å². The van der Waals surface area contributed by atoms with Crippen molar-refractivity contribution in [2.75, 3.05) is 0 Å². The van der Waals surface area contributed by atoms with Crippen molar-refractivity contribution < 1.29 is 8.42 Å². The molecule has 3 aromatic rings. The van der Waals surface area contributed by atoms with Gasteiger partial charge in [0, 0.05) is 35.7 Å². The summed E-state index contributed by atoms with van der Waals surface area (Å²) < 4.78 is 27.4. The second-order valence-electron chi connectivity index (χ2n) is 5.03. The highest BCUT2D eigenvalue weighted by atomic mass is 35.5. The fourth-order valence-electron chi connectivity index (χ4n) is 2.22. The first-order valence-corrected chi connectivity index (χ1v) is 9.02. The second kappa shape index (κ2) is 7.09. The summed E-state index contributed by atoms with van der Waals surface area (Å²) in [6.45, 7) is 0.135. The maximum absolute atomic E-state index is 12.4. The maximum atomic E-state index is 12.4. The van der Waals surface area contributed by atoms with Crippen LogP contribution >= 0.6 is 11.6 Å². The SMILES string of the molecule is O=S(=O)(NCc1cccnc1-c1ccncc1)c1ccc(Cl)cc1. The van der Waals surface area contributed by atoms with Crippen molar-refractivity contribution >= 4 is 21.6 Å². The Labute approximate surface area is 145 Å². The molecule has 0 aliphatic carbocycles. The summed E-state index contributed by atoms with van der Waals surface area (Å²) >= 11 is 5.79. The number of benzene rings is 1. The average Bonchev–Trinajstić information content (AvgIpc) is 2.61. The highest BCUT2D eigenvalue weighted by molar-refractivity contribution is 7.89. The maximum Gasteiger partial charge on any atom is 0.240 e. The van der Waals surface area contributed by atoms with Gasteiger partial charge < -0.3 is 0 Å². The van der Waals surface area contributed by atoms with E-state index in [0.29, 0.717) is 5.02 Å². The number of sulfonamides is 1. The third-order valence-electron chi connectivity index (χ3n) is 3.42. The molecule has 0 unspecified atom stereocenters. The van der Waals surface area contributed by atoms with Gasteiger partial charge in [-0.3, -0.25) is 9.97 Å². The molecule has 2 aromatic heterocycles. The van der Waals surface area contributed by atoms with Crippen LogP contribution in [0, 0.1) is 0 Å². The van der Waals surface area contributed by atoms with Crippen LogP contribution < -0.4 is 4.72 Å². The lowest BCUT2D eigenvalue weighted by Gasteiger charge is -2.10. The molecule has 5 nitrogen and oxygen atoms in total. The van der Waals surface area contributed by atoms with Crippen molar-refractivity contribution in [3.8, 4) is 11.3 Å².